The van der Waals surface area contributed by atoms with Crippen LogP contribution in [-0.4, -0.2) is 28.1 Å². The van der Waals surface area contributed by atoms with Crippen LogP contribution in [-0.2, 0) is 6.54 Å². The fourth-order valence-corrected chi connectivity index (χ4v) is 3.16. The van der Waals surface area contributed by atoms with Gasteiger partial charge in [-0.15, -0.1) is 0 Å². The molecule has 5 heteroatoms. The Morgan fingerprint density at radius 2 is 1.91 bits per heavy atom. The van der Waals surface area contributed by atoms with E-state index in [1.807, 2.05) is 13.8 Å². The summed E-state index contributed by atoms with van der Waals surface area (Å²) in [5.41, 5.74) is 1.74. The molecule has 1 fully saturated rings. The van der Waals surface area contributed by atoms with E-state index in [-0.39, 0.29) is 11.7 Å². The Kier molecular flexibility index (Phi) is 4.78. The van der Waals surface area contributed by atoms with Crippen molar-refractivity contribution >= 4 is 0 Å². The summed E-state index contributed by atoms with van der Waals surface area (Å²) in [4.78, 5) is 6.73. The van der Waals surface area contributed by atoms with Gasteiger partial charge in [-0.2, -0.15) is 0 Å². The number of hydrogen-bond donors (Lipinski definition) is 1. The highest BCUT2D eigenvalue weighted by atomic mass is 19.1. The van der Waals surface area contributed by atoms with Crippen molar-refractivity contribution in [1.82, 2.24) is 9.88 Å². The Bertz CT molecular complexity index is 626. The van der Waals surface area contributed by atoms with Gasteiger partial charge in [-0.3, -0.25) is 4.90 Å². The van der Waals surface area contributed by atoms with Crippen molar-refractivity contribution in [3.05, 3.63) is 53.0 Å². The molecular weight excluding hydrogens is 295 g/mol. The van der Waals surface area contributed by atoms with Gasteiger partial charge in [-0.25, -0.2) is 9.37 Å². The summed E-state index contributed by atoms with van der Waals surface area (Å²) in [7, 11) is 0. The van der Waals surface area contributed by atoms with Gasteiger partial charge in [0.05, 0.1) is 18.3 Å². The second-order valence-electron chi connectivity index (χ2n) is 6.36. The zero-order chi connectivity index (χ0) is 16.4. The average molecular weight is 318 g/mol. The Balaban J connectivity index is 1.54. The van der Waals surface area contributed by atoms with Crippen molar-refractivity contribution < 1.29 is 13.9 Å². The maximum atomic E-state index is 13.0. The number of halogens is 1. The van der Waals surface area contributed by atoms with Gasteiger partial charge in [0.1, 0.15) is 11.6 Å². The number of piperidine rings is 1. The molecule has 1 aliphatic heterocycles. The van der Waals surface area contributed by atoms with E-state index >= 15 is 0 Å². The largest absolute Gasteiger partial charge is 0.444 e. The van der Waals surface area contributed by atoms with E-state index in [9.17, 15) is 9.50 Å². The first-order valence-corrected chi connectivity index (χ1v) is 8.11. The minimum atomic E-state index is -0.524. The van der Waals surface area contributed by atoms with Crippen LogP contribution >= 0.6 is 0 Å². The molecule has 1 unspecified atom stereocenters. The van der Waals surface area contributed by atoms with Crippen molar-refractivity contribution in [3.8, 4) is 0 Å². The summed E-state index contributed by atoms with van der Waals surface area (Å²) < 4.78 is 18.6. The third kappa shape index (κ3) is 3.79. The summed E-state index contributed by atoms with van der Waals surface area (Å²) in [6, 6.07) is 6.15. The van der Waals surface area contributed by atoms with Crippen LogP contribution in [0.3, 0.4) is 0 Å². The number of aliphatic hydroxyl groups excluding tert-OH is 1. The molecule has 3 rings (SSSR count). The Labute approximate surface area is 136 Å². The molecule has 2 aromatic rings. The first-order chi connectivity index (χ1) is 11.0. The molecule has 1 N–H and O–H groups in total. The molecule has 0 aliphatic carbocycles. The van der Waals surface area contributed by atoms with Crippen LogP contribution in [0, 0.1) is 25.6 Å². The SMILES string of the molecule is Cc1nc(CN2CCC(C(O)c3ccc(F)cc3)CC2)oc1C. The monoisotopic (exact) mass is 318 g/mol. The van der Waals surface area contributed by atoms with Crippen molar-refractivity contribution in [3.63, 3.8) is 0 Å². The van der Waals surface area contributed by atoms with Crippen molar-refractivity contribution in [2.75, 3.05) is 13.1 Å². The number of hydrogen-bond acceptors (Lipinski definition) is 4. The predicted octanol–water partition coefficient (Wildman–Crippen LogP) is 3.38. The molecule has 0 saturated carbocycles. The van der Waals surface area contributed by atoms with Crippen LogP contribution in [0.2, 0.25) is 0 Å². The first kappa shape index (κ1) is 16.1. The van der Waals surface area contributed by atoms with Crippen molar-refractivity contribution in [2.45, 2.75) is 39.3 Å². The molecule has 1 aliphatic rings. The summed E-state index contributed by atoms with van der Waals surface area (Å²) in [6.07, 6.45) is 1.30. The van der Waals surface area contributed by atoms with Gasteiger partial charge in [-0.1, -0.05) is 12.1 Å². The van der Waals surface area contributed by atoms with Crippen molar-refractivity contribution in [1.29, 1.82) is 0 Å². The third-order valence-corrected chi connectivity index (χ3v) is 4.72. The molecule has 1 aromatic heterocycles. The Morgan fingerprint density at radius 1 is 1.26 bits per heavy atom. The number of rotatable bonds is 4. The average Bonchev–Trinajstić information content (AvgIpc) is 2.86. The first-order valence-electron chi connectivity index (χ1n) is 8.11. The van der Waals surface area contributed by atoms with E-state index in [0.717, 1.165) is 48.8 Å². The lowest BCUT2D eigenvalue weighted by Gasteiger charge is -2.33. The number of likely N-dealkylation sites (tertiary alicyclic amines) is 1. The number of oxazole rings is 1. The van der Waals surface area contributed by atoms with Gasteiger partial charge in [0, 0.05) is 0 Å². The van der Waals surface area contributed by atoms with Gasteiger partial charge in [0.15, 0.2) is 0 Å². The summed E-state index contributed by atoms with van der Waals surface area (Å²) in [5, 5.41) is 10.5. The van der Waals surface area contributed by atoms with Crippen molar-refractivity contribution in [2.24, 2.45) is 5.92 Å². The fourth-order valence-electron chi connectivity index (χ4n) is 3.16. The van der Waals surface area contributed by atoms with E-state index in [4.69, 9.17) is 4.42 Å². The minimum Gasteiger partial charge on any atom is -0.444 e. The Hall–Kier alpha value is -1.72. The molecule has 0 amide bonds. The third-order valence-electron chi connectivity index (χ3n) is 4.72. The number of aryl methyl sites for hydroxylation is 2. The Morgan fingerprint density at radius 3 is 2.48 bits per heavy atom. The van der Waals surface area contributed by atoms with E-state index in [1.54, 1.807) is 12.1 Å². The van der Waals surface area contributed by atoms with Crippen LogP contribution < -0.4 is 0 Å². The molecule has 1 atom stereocenters. The molecule has 0 bridgehead atoms. The van der Waals surface area contributed by atoms with Gasteiger partial charge in [-0.05, 0) is 63.4 Å². The maximum Gasteiger partial charge on any atom is 0.208 e. The lowest BCUT2D eigenvalue weighted by Crippen LogP contribution is -2.35. The molecule has 0 spiro atoms. The van der Waals surface area contributed by atoms with Crippen LogP contribution in [0.25, 0.3) is 0 Å². The molecule has 4 nitrogen and oxygen atoms in total. The van der Waals surface area contributed by atoms with Gasteiger partial charge >= 0.3 is 0 Å². The number of aliphatic hydroxyl groups is 1. The van der Waals surface area contributed by atoms with Crippen LogP contribution in [0.15, 0.2) is 28.7 Å². The molecule has 1 aromatic carbocycles. The zero-order valence-electron chi connectivity index (χ0n) is 13.6. The van der Waals surface area contributed by atoms with Crippen LogP contribution in [0.4, 0.5) is 4.39 Å². The van der Waals surface area contributed by atoms with E-state index in [1.165, 1.54) is 12.1 Å². The highest BCUT2D eigenvalue weighted by Gasteiger charge is 2.27. The molecular formula is C18H23FN2O2. The molecule has 2 heterocycles. The number of nitrogens with zero attached hydrogens (tertiary/aromatic N) is 2. The predicted molar refractivity (Wildman–Crippen MR) is 85.3 cm³/mol. The molecule has 0 radical (unpaired) electrons. The second-order valence-corrected chi connectivity index (χ2v) is 6.36. The topological polar surface area (TPSA) is 49.5 Å². The van der Waals surface area contributed by atoms with E-state index in [2.05, 4.69) is 9.88 Å². The van der Waals surface area contributed by atoms with E-state index < -0.39 is 6.10 Å². The van der Waals surface area contributed by atoms with Gasteiger partial charge < -0.3 is 9.52 Å². The fraction of sp³-hybridized carbons (Fsp3) is 0.500. The van der Waals surface area contributed by atoms with Gasteiger partial charge in [0.25, 0.3) is 0 Å². The molecule has 23 heavy (non-hydrogen) atoms. The zero-order valence-corrected chi connectivity index (χ0v) is 13.6. The lowest BCUT2D eigenvalue weighted by atomic mass is 9.87. The van der Waals surface area contributed by atoms with Crippen LogP contribution in [0.1, 0.15) is 41.9 Å². The number of aromatic nitrogens is 1. The maximum absolute atomic E-state index is 13.0. The summed E-state index contributed by atoms with van der Waals surface area (Å²) in [5.74, 6) is 1.58. The number of benzene rings is 1. The summed E-state index contributed by atoms with van der Waals surface area (Å²) in [6.45, 7) is 6.41. The van der Waals surface area contributed by atoms with Crippen LogP contribution in [0.5, 0.6) is 0 Å². The normalized spacial score (nSPS) is 18.3. The molecule has 124 valence electrons. The highest BCUT2D eigenvalue weighted by molar-refractivity contribution is 5.19. The second kappa shape index (κ2) is 6.81. The summed E-state index contributed by atoms with van der Waals surface area (Å²) >= 11 is 0. The van der Waals surface area contributed by atoms with Gasteiger partial charge in [0.2, 0.25) is 5.89 Å². The highest BCUT2D eigenvalue weighted by Crippen LogP contribution is 2.31. The standard InChI is InChI=1S/C18H23FN2O2/c1-12-13(2)23-17(20-12)11-21-9-7-15(8-10-21)18(22)14-3-5-16(19)6-4-14/h3-6,15,18,22H,7-11H2,1-2H3. The smallest absolute Gasteiger partial charge is 0.208 e. The van der Waals surface area contributed by atoms with E-state index in [0.29, 0.717) is 6.54 Å². The minimum absolute atomic E-state index is 0.213. The quantitative estimate of drug-likeness (QED) is 0.939. The molecule has 1 saturated heterocycles. The lowest BCUT2D eigenvalue weighted by molar-refractivity contribution is 0.0543.